The van der Waals surface area contributed by atoms with Crippen molar-refractivity contribution in [3.63, 3.8) is 0 Å². The first kappa shape index (κ1) is 10.1. The average Bonchev–Trinajstić information content (AvgIpc) is 2.31. The van der Waals surface area contributed by atoms with Crippen LogP contribution in [0.4, 0.5) is 5.82 Å². The van der Waals surface area contributed by atoms with E-state index >= 15 is 0 Å². The van der Waals surface area contributed by atoms with Crippen molar-refractivity contribution in [2.75, 3.05) is 18.5 Å². The van der Waals surface area contributed by atoms with E-state index in [1.54, 1.807) is 6.20 Å². The zero-order valence-corrected chi connectivity index (χ0v) is 9.73. The van der Waals surface area contributed by atoms with Crippen LogP contribution in [-0.2, 0) is 0 Å². The van der Waals surface area contributed by atoms with Crippen LogP contribution < -0.4 is 10.1 Å². The fourth-order valence-electron chi connectivity index (χ4n) is 1.87. The molecule has 0 bridgehead atoms. The number of nitrogens with one attached hydrogen (secondary N) is 1. The van der Waals surface area contributed by atoms with Gasteiger partial charge in [0.25, 0.3) is 0 Å². The second kappa shape index (κ2) is 4.09. The number of benzene rings is 1. The van der Waals surface area contributed by atoms with Crippen molar-refractivity contribution in [3.8, 4) is 5.75 Å². The Hall–Kier alpha value is -2.03. The minimum absolute atomic E-state index is 0.659. The van der Waals surface area contributed by atoms with Crippen LogP contribution in [-0.4, -0.2) is 18.1 Å². The summed E-state index contributed by atoms with van der Waals surface area (Å²) in [6, 6.07) is 10.2. The van der Waals surface area contributed by atoms with Crippen LogP contribution in [0.2, 0.25) is 0 Å². The Kier molecular flexibility index (Phi) is 2.44. The summed E-state index contributed by atoms with van der Waals surface area (Å²) in [7, 11) is 0. The fraction of sp³-hybridized carbons (Fsp3) is 0.214. The maximum absolute atomic E-state index is 5.64. The van der Waals surface area contributed by atoms with Crippen LogP contribution in [0.3, 0.4) is 0 Å². The van der Waals surface area contributed by atoms with Crippen molar-refractivity contribution in [1.29, 1.82) is 0 Å². The number of rotatable bonds is 5. The van der Waals surface area contributed by atoms with Gasteiger partial charge in [-0.3, -0.25) is 0 Å². The first-order valence-electron chi connectivity index (χ1n) is 5.77. The standard InChI is InChI=1S/C14H14N2O/c1-10-3-2-6-15-14(10)16-7-8-17-13-9-11-4-5-12(11)13/h2-6,9H,7-8H2,1H3,(H,15,16). The van der Waals surface area contributed by atoms with Crippen molar-refractivity contribution in [3.05, 3.63) is 52.5 Å². The highest BCUT2D eigenvalue weighted by atomic mass is 16.5. The molecule has 0 aliphatic heterocycles. The molecule has 0 radical (unpaired) electrons. The minimum Gasteiger partial charge on any atom is -0.491 e. The van der Waals surface area contributed by atoms with Crippen LogP contribution in [0.1, 0.15) is 5.56 Å². The van der Waals surface area contributed by atoms with E-state index in [-0.39, 0.29) is 0 Å². The molecule has 3 rings (SSSR count). The second-order valence-electron chi connectivity index (χ2n) is 4.16. The quantitative estimate of drug-likeness (QED) is 0.679. The monoisotopic (exact) mass is 226 g/mol. The van der Waals surface area contributed by atoms with Crippen LogP contribution in [0.25, 0.3) is 0 Å². The van der Waals surface area contributed by atoms with Gasteiger partial charge in [0, 0.05) is 11.4 Å². The predicted octanol–water partition coefficient (Wildman–Crippen LogP) is 2.48. The van der Waals surface area contributed by atoms with Gasteiger partial charge in [0.05, 0.1) is 6.54 Å². The van der Waals surface area contributed by atoms with Gasteiger partial charge in [-0.2, -0.15) is 0 Å². The first-order valence-corrected chi connectivity index (χ1v) is 5.77. The summed E-state index contributed by atoms with van der Waals surface area (Å²) in [5.74, 6) is 1.95. The van der Waals surface area contributed by atoms with Crippen molar-refractivity contribution in [2.24, 2.45) is 0 Å². The van der Waals surface area contributed by atoms with E-state index in [0.29, 0.717) is 6.61 Å². The molecule has 1 heterocycles. The Balaban J connectivity index is 1.47. The summed E-state index contributed by atoms with van der Waals surface area (Å²) in [5, 5.41) is 5.84. The molecule has 0 aromatic carbocycles. The maximum atomic E-state index is 5.64. The van der Waals surface area contributed by atoms with Gasteiger partial charge in [0.15, 0.2) is 0 Å². The number of hydrogen-bond donors (Lipinski definition) is 1. The fourth-order valence-corrected chi connectivity index (χ4v) is 1.87. The smallest absolute Gasteiger partial charge is 0.128 e. The molecule has 0 fully saturated rings. The summed E-state index contributed by atoms with van der Waals surface area (Å²) in [4.78, 5) is 4.27. The summed E-state index contributed by atoms with van der Waals surface area (Å²) >= 11 is 0. The molecule has 0 unspecified atom stereocenters. The highest BCUT2D eigenvalue weighted by molar-refractivity contribution is 5.42. The van der Waals surface area contributed by atoms with Crippen molar-refractivity contribution in [2.45, 2.75) is 6.92 Å². The Bertz CT molecular complexity index is 637. The summed E-state index contributed by atoms with van der Waals surface area (Å²) < 4.78 is 5.64. The first-order chi connectivity index (χ1) is 8.34. The molecule has 0 amide bonds. The van der Waals surface area contributed by atoms with Gasteiger partial charge in [-0.25, -0.2) is 4.98 Å². The summed E-state index contributed by atoms with van der Waals surface area (Å²) in [5.41, 5.74) is 1.15. The van der Waals surface area contributed by atoms with Crippen LogP contribution >= 0.6 is 0 Å². The third kappa shape index (κ3) is 1.84. The highest BCUT2D eigenvalue weighted by Gasteiger charge is 2.06. The third-order valence-electron chi connectivity index (χ3n) is 2.95. The molecule has 0 saturated carbocycles. The molecule has 86 valence electrons. The molecular formula is C14H14N2O. The van der Waals surface area contributed by atoms with Gasteiger partial charge < -0.3 is 10.1 Å². The molecule has 1 N–H and O–H groups in total. The number of ether oxygens (including phenoxy) is 1. The number of aryl methyl sites for hydroxylation is 1. The zero-order chi connectivity index (χ0) is 11.7. The molecule has 0 spiro atoms. The van der Waals surface area contributed by atoms with E-state index in [0.717, 1.165) is 23.7 Å². The van der Waals surface area contributed by atoms with Gasteiger partial charge in [-0.1, -0.05) is 18.2 Å². The molecule has 3 heteroatoms. The second-order valence-corrected chi connectivity index (χ2v) is 4.16. The van der Waals surface area contributed by atoms with Crippen LogP contribution in [0, 0.1) is 17.4 Å². The third-order valence-corrected chi connectivity index (χ3v) is 2.95. The van der Waals surface area contributed by atoms with Gasteiger partial charge >= 0.3 is 0 Å². The van der Waals surface area contributed by atoms with Gasteiger partial charge in [0.1, 0.15) is 18.2 Å². The van der Waals surface area contributed by atoms with E-state index in [1.165, 1.54) is 10.4 Å². The molecular weight excluding hydrogens is 212 g/mol. The zero-order valence-electron chi connectivity index (χ0n) is 9.73. The van der Waals surface area contributed by atoms with Crippen molar-refractivity contribution in [1.82, 2.24) is 4.98 Å². The van der Waals surface area contributed by atoms with Gasteiger partial charge in [0.2, 0.25) is 0 Å². The van der Waals surface area contributed by atoms with Crippen molar-refractivity contribution < 1.29 is 4.74 Å². The predicted molar refractivity (Wildman–Crippen MR) is 67.1 cm³/mol. The Morgan fingerprint density at radius 1 is 1.29 bits per heavy atom. The lowest BCUT2D eigenvalue weighted by Gasteiger charge is -2.13. The molecule has 1 aromatic rings. The van der Waals surface area contributed by atoms with Crippen LogP contribution in [0.5, 0.6) is 5.75 Å². The average molecular weight is 226 g/mol. The topological polar surface area (TPSA) is 34.2 Å². The number of anilines is 1. The molecule has 3 nitrogen and oxygen atoms in total. The Morgan fingerprint density at radius 2 is 2.24 bits per heavy atom. The molecule has 0 atom stereocenters. The lowest BCUT2D eigenvalue weighted by Crippen LogP contribution is -2.14. The lowest BCUT2D eigenvalue weighted by atomic mass is 10.1. The van der Waals surface area contributed by atoms with E-state index in [9.17, 15) is 0 Å². The summed E-state index contributed by atoms with van der Waals surface area (Å²) in [6.07, 6.45) is 1.79. The highest BCUT2D eigenvalue weighted by Crippen LogP contribution is 2.23. The Labute approximate surface area is 99.8 Å². The number of hydrogen-bond acceptors (Lipinski definition) is 3. The number of aromatic nitrogens is 1. The van der Waals surface area contributed by atoms with Crippen molar-refractivity contribution >= 4 is 5.82 Å². The largest absolute Gasteiger partial charge is 0.491 e. The molecule has 17 heavy (non-hydrogen) atoms. The molecule has 2 aliphatic carbocycles. The van der Waals surface area contributed by atoms with Gasteiger partial charge in [-0.05, 0) is 29.8 Å². The van der Waals surface area contributed by atoms with E-state index in [2.05, 4.69) is 28.5 Å². The van der Waals surface area contributed by atoms with Gasteiger partial charge in [-0.15, -0.1) is 0 Å². The van der Waals surface area contributed by atoms with E-state index < -0.39 is 0 Å². The molecule has 2 aliphatic rings. The summed E-state index contributed by atoms with van der Waals surface area (Å²) in [6.45, 7) is 3.47. The minimum atomic E-state index is 0.659. The van der Waals surface area contributed by atoms with E-state index in [4.69, 9.17) is 4.74 Å². The molecule has 0 saturated heterocycles. The van der Waals surface area contributed by atoms with Crippen LogP contribution in [0.15, 0.2) is 36.5 Å². The normalized spacial score (nSPS) is 11.1. The number of pyridine rings is 1. The van der Waals surface area contributed by atoms with E-state index in [1.807, 2.05) is 19.1 Å². The SMILES string of the molecule is Cc1cccnc1NCCOc1cc2ccc1=2. The molecule has 1 aromatic heterocycles. The number of nitrogens with zero attached hydrogens (tertiary/aromatic N) is 1. The maximum Gasteiger partial charge on any atom is 0.128 e. The lowest BCUT2D eigenvalue weighted by molar-refractivity contribution is 0.327. The Morgan fingerprint density at radius 3 is 2.88 bits per heavy atom.